The normalized spacial score (nSPS) is 29.6. The predicted octanol–water partition coefficient (Wildman–Crippen LogP) is 1.38. The number of ketones is 1. The summed E-state index contributed by atoms with van der Waals surface area (Å²) in [5.41, 5.74) is 0. The molecule has 2 aliphatic rings. The molecule has 0 N–H and O–H groups in total. The molecule has 2 fully saturated rings. The van der Waals surface area contributed by atoms with Crippen LogP contribution in [-0.2, 0) is 19.1 Å². The van der Waals surface area contributed by atoms with Gasteiger partial charge in [-0.3, -0.25) is 9.69 Å². The van der Waals surface area contributed by atoms with E-state index in [0.29, 0.717) is 25.8 Å². The first kappa shape index (κ1) is 14.8. The van der Waals surface area contributed by atoms with Crippen molar-refractivity contribution >= 4 is 17.8 Å². The summed E-state index contributed by atoms with van der Waals surface area (Å²) in [6.45, 7) is 2.47. The second-order valence-corrected chi connectivity index (χ2v) is 5.43. The predicted molar refractivity (Wildman–Crippen MR) is 70.0 cm³/mol. The standard InChI is InChI=1S/C14H21NO5/c1-3-20-13(17)12-7-10-6-11(16)5-4-9(10)8-15(12)14(18)19-2/h9-10,12H,3-8H2,1-2H3/t9-,10+,12-/m0/s1. The molecule has 6 heteroatoms. The summed E-state index contributed by atoms with van der Waals surface area (Å²) in [6.07, 6.45) is 1.85. The van der Waals surface area contributed by atoms with E-state index in [1.807, 2.05) is 0 Å². The molecule has 1 saturated carbocycles. The summed E-state index contributed by atoms with van der Waals surface area (Å²) in [5.74, 6) is 0.291. The van der Waals surface area contributed by atoms with E-state index in [1.165, 1.54) is 12.0 Å². The van der Waals surface area contributed by atoms with E-state index in [2.05, 4.69) is 0 Å². The van der Waals surface area contributed by atoms with Gasteiger partial charge in [-0.1, -0.05) is 0 Å². The van der Waals surface area contributed by atoms with Crippen LogP contribution in [-0.4, -0.2) is 49.0 Å². The largest absolute Gasteiger partial charge is 0.464 e. The van der Waals surface area contributed by atoms with E-state index in [9.17, 15) is 14.4 Å². The monoisotopic (exact) mass is 283 g/mol. The van der Waals surface area contributed by atoms with Gasteiger partial charge >= 0.3 is 12.1 Å². The van der Waals surface area contributed by atoms with Crippen LogP contribution >= 0.6 is 0 Å². The van der Waals surface area contributed by atoms with Gasteiger partial charge in [-0.05, 0) is 31.6 Å². The quantitative estimate of drug-likeness (QED) is 0.716. The molecular formula is C14H21NO5. The summed E-state index contributed by atoms with van der Waals surface area (Å²) < 4.78 is 9.80. The van der Waals surface area contributed by atoms with Gasteiger partial charge in [0.05, 0.1) is 13.7 Å². The maximum absolute atomic E-state index is 12.0. The number of hydrogen-bond acceptors (Lipinski definition) is 5. The van der Waals surface area contributed by atoms with Crippen LogP contribution in [0.25, 0.3) is 0 Å². The fourth-order valence-corrected chi connectivity index (χ4v) is 3.23. The van der Waals surface area contributed by atoms with Gasteiger partial charge in [0.25, 0.3) is 0 Å². The van der Waals surface area contributed by atoms with E-state index in [-0.39, 0.29) is 24.2 Å². The molecule has 1 saturated heterocycles. The lowest BCUT2D eigenvalue weighted by Gasteiger charge is -2.43. The number of Topliss-reactive ketones (excluding diaryl/α,β-unsaturated/α-hetero) is 1. The zero-order valence-corrected chi connectivity index (χ0v) is 12.0. The fraction of sp³-hybridized carbons (Fsp3) is 0.786. The van der Waals surface area contributed by atoms with Crippen molar-refractivity contribution in [3.8, 4) is 0 Å². The van der Waals surface area contributed by atoms with Crippen molar-refractivity contribution in [2.24, 2.45) is 11.8 Å². The molecule has 0 unspecified atom stereocenters. The maximum Gasteiger partial charge on any atom is 0.410 e. The van der Waals surface area contributed by atoms with Gasteiger partial charge < -0.3 is 9.47 Å². The highest BCUT2D eigenvalue weighted by Crippen LogP contribution is 2.37. The third kappa shape index (κ3) is 2.94. The molecule has 1 aliphatic carbocycles. The first-order valence-corrected chi connectivity index (χ1v) is 7.09. The van der Waals surface area contributed by atoms with Crippen molar-refractivity contribution in [1.29, 1.82) is 0 Å². The van der Waals surface area contributed by atoms with Gasteiger partial charge in [-0.15, -0.1) is 0 Å². The average Bonchev–Trinajstić information content (AvgIpc) is 2.45. The van der Waals surface area contributed by atoms with Crippen molar-refractivity contribution in [3.63, 3.8) is 0 Å². The van der Waals surface area contributed by atoms with E-state index in [1.54, 1.807) is 6.92 Å². The van der Waals surface area contributed by atoms with Crippen molar-refractivity contribution in [2.75, 3.05) is 20.3 Å². The third-order valence-corrected chi connectivity index (χ3v) is 4.25. The first-order chi connectivity index (χ1) is 9.56. The molecule has 0 aromatic rings. The molecule has 0 spiro atoms. The fourth-order valence-electron chi connectivity index (χ4n) is 3.23. The van der Waals surface area contributed by atoms with Crippen LogP contribution in [0, 0.1) is 11.8 Å². The van der Waals surface area contributed by atoms with Gasteiger partial charge in [0.1, 0.15) is 11.8 Å². The number of carbonyl (C=O) groups is 3. The molecule has 6 nitrogen and oxygen atoms in total. The molecule has 0 radical (unpaired) electrons. The summed E-state index contributed by atoms with van der Waals surface area (Å²) in [7, 11) is 1.31. The number of fused-ring (bicyclic) bond motifs is 1. The number of carbonyl (C=O) groups excluding carboxylic acids is 3. The second kappa shape index (κ2) is 6.24. The van der Waals surface area contributed by atoms with Crippen LogP contribution in [0.2, 0.25) is 0 Å². The van der Waals surface area contributed by atoms with E-state index in [0.717, 1.165) is 6.42 Å². The number of piperidine rings is 1. The molecule has 1 heterocycles. The summed E-state index contributed by atoms with van der Waals surface area (Å²) >= 11 is 0. The van der Waals surface area contributed by atoms with E-state index in [4.69, 9.17) is 9.47 Å². The molecule has 0 bridgehead atoms. The minimum Gasteiger partial charge on any atom is -0.464 e. The van der Waals surface area contributed by atoms with Gasteiger partial charge in [0.2, 0.25) is 0 Å². The molecule has 0 aromatic heterocycles. The smallest absolute Gasteiger partial charge is 0.410 e. The Kier molecular flexibility index (Phi) is 4.62. The molecule has 2 rings (SSSR count). The van der Waals surface area contributed by atoms with Gasteiger partial charge in [0.15, 0.2) is 0 Å². The first-order valence-electron chi connectivity index (χ1n) is 7.09. The number of nitrogens with zero attached hydrogens (tertiary/aromatic N) is 1. The van der Waals surface area contributed by atoms with Crippen LogP contribution in [0.3, 0.4) is 0 Å². The SMILES string of the molecule is CCOC(=O)[C@@H]1C[C@H]2CC(=O)CC[C@H]2CN1C(=O)OC. The number of likely N-dealkylation sites (tertiary alicyclic amines) is 1. The highest BCUT2D eigenvalue weighted by atomic mass is 16.6. The molecule has 0 aromatic carbocycles. The lowest BCUT2D eigenvalue weighted by Crippen LogP contribution is -2.55. The number of esters is 1. The lowest BCUT2D eigenvalue weighted by molar-refractivity contribution is -0.153. The van der Waals surface area contributed by atoms with Gasteiger partial charge in [-0.25, -0.2) is 9.59 Å². The summed E-state index contributed by atoms with van der Waals surface area (Å²) in [6, 6.07) is -0.630. The van der Waals surface area contributed by atoms with E-state index >= 15 is 0 Å². The van der Waals surface area contributed by atoms with Crippen LogP contribution in [0.15, 0.2) is 0 Å². The lowest BCUT2D eigenvalue weighted by atomic mass is 9.72. The van der Waals surface area contributed by atoms with Gasteiger partial charge in [-0.2, -0.15) is 0 Å². The number of methoxy groups -OCH3 is 1. The number of amides is 1. The Morgan fingerprint density at radius 1 is 1.35 bits per heavy atom. The molecule has 3 atom stereocenters. The molecule has 112 valence electrons. The Hall–Kier alpha value is -1.59. The minimum atomic E-state index is -0.630. The van der Waals surface area contributed by atoms with Crippen LogP contribution in [0.1, 0.15) is 32.6 Å². The Labute approximate surface area is 118 Å². The molecule has 20 heavy (non-hydrogen) atoms. The highest BCUT2D eigenvalue weighted by molar-refractivity contribution is 5.83. The van der Waals surface area contributed by atoms with Crippen molar-refractivity contribution in [1.82, 2.24) is 4.90 Å². The second-order valence-electron chi connectivity index (χ2n) is 5.43. The minimum absolute atomic E-state index is 0.173. The Balaban J connectivity index is 2.15. The molecule has 1 amide bonds. The van der Waals surface area contributed by atoms with Crippen molar-refractivity contribution in [3.05, 3.63) is 0 Å². The Bertz CT molecular complexity index is 408. The Morgan fingerprint density at radius 3 is 2.75 bits per heavy atom. The zero-order chi connectivity index (χ0) is 14.7. The van der Waals surface area contributed by atoms with Crippen molar-refractivity contribution in [2.45, 2.75) is 38.6 Å². The van der Waals surface area contributed by atoms with Crippen LogP contribution in [0.4, 0.5) is 4.79 Å². The number of ether oxygens (including phenoxy) is 2. The van der Waals surface area contributed by atoms with Gasteiger partial charge in [0, 0.05) is 19.4 Å². The van der Waals surface area contributed by atoms with Crippen molar-refractivity contribution < 1.29 is 23.9 Å². The Morgan fingerprint density at radius 2 is 2.10 bits per heavy atom. The molecule has 1 aliphatic heterocycles. The van der Waals surface area contributed by atoms with Crippen LogP contribution in [0.5, 0.6) is 0 Å². The zero-order valence-electron chi connectivity index (χ0n) is 12.0. The number of hydrogen-bond donors (Lipinski definition) is 0. The summed E-state index contributed by atoms with van der Waals surface area (Å²) in [5, 5.41) is 0. The highest BCUT2D eigenvalue weighted by Gasteiger charge is 2.44. The van der Waals surface area contributed by atoms with Crippen LogP contribution < -0.4 is 0 Å². The van der Waals surface area contributed by atoms with E-state index < -0.39 is 18.1 Å². The summed E-state index contributed by atoms with van der Waals surface area (Å²) in [4.78, 5) is 36.9. The topological polar surface area (TPSA) is 72.9 Å². The number of rotatable bonds is 2. The molecular weight excluding hydrogens is 262 g/mol. The third-order valence-electron chi connectivity index (χ3n) is 4.25. The average molecular weight is 283 g/mol. The maximum atomic E-state index is 12.0.